The van der Waals surface area contributed by atoms with E-state index in [2.05, 4.69) is 53.8 Å². The Morgan fingerprint density at radius 1 is 0.484 bits per heavy atom. The van der Waals surface area contributed by atoms with Crippen LogP contribution in [0.4, 0.5) is 14.4 Å². The number of nitrogens with one attached hydrogen (secondary N) is 1. The molecule has 95 heavy (non-hydrogen) atoms. The van der Waals surface area contributed by atoms with Crippen molar-refractivity contribution in [3.63, 3.8) is 0 Å². The van der Waals surface area contributed by atoms with Crippen molar-refractivity contribution in [2.45, 2.75) is 74.4 Å². The molecular weight excluding hydrogens is 1270 g/mol. The number of carboxylic acids is 2. The second-order valence-electron chi connectivity index (χ2n) is 23.4. The number of carboxylic acid groups (broad SMARTS) is 2. The molecule has 9 aromatic rings. The number of hydrogen-bond donors (Lipinski definition) is 3. The van der Waals surface area contributed by atoms with Crippen LogP contribution in [0.5, 0.6) is 0 Å². The van der Waals surface area contributed by atoms with Crippen LogP contribution in [-0.4, -0.2) is 108 Å². The summed E-state index contributed by atoms with van der Waals surface area (Å²) in [5, 5.41) is 23.5. The van der Waals surface area contributed by atoms with E-state index in [1.807, 2.05) is 158 Å². The van der Waals surface area contributed by atoms with Gasteiger partial charge < -0.3 is 34.5 Å². The van der Waals surface area contributed by atoms with Crippen LogP contribution in [0.2, 0.25) is 15.1 Å². The number of fused-ring (bicyclic) bond motifs is 9. The van der Waals surface area contributed by atoms with Gasteiger partial charge in [-0.15, -0.1) is 0 Å². The number of rotatable bonds is 19. The molecule has 3 N–H and O–H groups in total. The number of amides is 3. The van der Waals surface area contributed by atoms with Gasteiger partial charge in [0.25, 0.3) is 0 Å². The highest BCUT2D eigenvalue weighted by Crippen LogP contribution is 2.47. The van der Waals surface area contributed by atoms with E-state index in [1.165, 1.54) is 23.1 Å². The van der Waals surface area contributed by atoms with Crippen LogP contribution in [-0.2, 0) is 52.6 Å². The zero-order chi connectivity index (χ0) is 66.5. The van der Waals surface area contributed by atoms with Gasteiger partial charge in [-0.25, -0.2) is 28.8 Å². The Morgan fingerprint density at radius 2 is 0.832 bits per heavy atom. The van der Waals surface area contributed by atoms with Crippen LogP contribution in [0.1, 0.15) is 87.1 Å². The van der Waals surface area contributed by atoms with Gasteiger partial charge in [0, 0.05) is 39.9 Å². The number of hydrogen-bond acceptors (Lipinski definition) is 10. The van der Waals surface area contributed by atoms with E-state index in [0.29, 0.717) is 40.8 Å². The molecule has 1 saturated heterocycles. The normalized spacial score (nSPS) is 14.5. The van der Waals surface area contributed by atoms with E-state index >= 15 is 0 Å². The van der Waals surface area contributed by atoms with E-state index in [1.54, 1.807) is 12.1 Å². The van der Waals surface area contributed by atoms with Crippen molar-refractivity contribution in [2.24, 2.45) is 0 Å². The SMILES string of the molecule is CN(C(=O)OCC1c2ccccc2-c2ccccc21)[C@@H](CCc1ccccc1Cl)C(=O)O.O=C(N[C@@H](CCc1ccccc1Cl)C(=O)O)OCC1c2ccccc2-c2ccccc21.O=C1OCN(C(=O)OCC2c3ccccc3-c3ccccc32)[C@H]1CCc1ccccc1Cl. The molecule has 0 bridgehead atoms. The standard InChI is InChI=1S/C26H22ClNO4.C26H24ClNO4.C25H22ClNO4/c27-23-12-6-1-7-17(23)13-14-24-25(29)32-16-28(24)26(30)31-15-22-20-10-4-2-8-18(20)19-9-3-5-11-21(19)22;1-28(24(25(29)30)15-14-17-8-2-7-13-23(17)27)26(31)32-16-22-20-11-5-3-9-18(20)19-10-4-6-12-21(19)22;26-22-12-6-1-7-16(22)13-14-23(24(28)29)27-25(30)31-15-21-19-10-4-2-8-17(19)18-9-3-5-11-20(18)21/h1-12,22,24H,13-16H2;2-13,22,24H,14-16H2,1H3,(H,29,30);1-12,21,23H,13-15H2,(H,27,30)(H,28,29)/t2*24-;23-/m000/s1. The highest BCUT2D eigenvalue weighted by atomic mass is 35.5. The van der Waals surface area contributed by atoms with Crippen molar-refractivity contribution < 1.29 is 57.9 Å². The van der Waals surface area contributed by atoms with E-state index < -0.39 is 54.3 Å². The number of halogens is 3. The van der Waals surface area contributed by atoms with Crippen molar-refractivity contribution in [3.8, 4) is 33.4 Å². The molecule has 18 heteroatoms. The number of ether oxygens (including phenoxy) is 4. The van der Waals surface area contributed by atoms with Crippen LogP contribution in [0.25, 0.3) is 33.4 Å². The lowest BCUT2D eigenvalue weighted by molar-refractivity contribution is -0.142. The Balaban J connectivity index is 0.000000145. The average molecular weight is 1330 g/mol. The number of benzene rings is 9. The Labute approximate surface area is 565 Å². The molecule has 0 spiro atoms. The van der Waals surface area contributed by atoms with Gasteiger partial charge in [-0.2, -0.15) is 0 Å². The maximum Gasteiger partial charge on any atom is 0.413 e. The first-order valence-electron chi connectivity index (χ1n) is 31.3. The van der Waals surface area contributed by atoms with Gasteiger partial charge in [-0.1, -0.05) is 235 Å². The summed E-state index contributed by atoms with van der Waals surface area (Å²) in [6.07, 6.45) is 0.369. The van der Waals surface area contributed by atoms with Crippen molar-refractivity contribution in [1.29, 1.82) is 0 Å². The van der Waals surface area contributed by atoms with Crippen molar-refractivity contribution in [3.05, 3.63) is 284 Å². The summed E-state index contributed by atoms with van der Waals surface area (Å²) in [4.78, 5) is 76.3. The van der Waals surface area contributed by atoms with Crippen LogP contribution in [0.3, 0.4) is 0 Å². The summed E-state index contributed by atoms with van der Waals surface area (Å²) in [5.74, 6) is -2.79. The van der Waals surface area contributed by atoms with E-state index in [-0.39, 0.29) is 57.1 Å². The van der Waals surface area contributed by atoms with Crippen LogP contribution < -0.4 is 5.32 Å². The van der Waals surface area contributed by atoms with E-state index in [4.69, 9.17) is 53.8 Å². The summed E-state index contributed by atoms with van der Waals surface area (Å²) >= 11 is 18.5. The molecule has 1 fully saturated rings. The molecule has 4 aliphatic rings. The van der Waals surface area contributed by atoms with Gasteiger partial charge in [0.15, 0.2) is 6.73 Å². The Morgan fingerprint density at radius 3 is 1.22 bits per heavy atom. The molecule has 3 atom stereocenters. The van der Waals surface area contributed by atoms with Crippen LogP contribution >= 0.6 is 34.8 Å². The van der Waals surface area contributed by atoms with Gasteiger partial charge in [0.05, 0.1) is 0 Å². The third kappa shape index (κ3) is 15.3. The lowest BCUT2D eigenvalue weighted by Crippen LogP contribution is -2.43. The Bertz CT molecular complexity index is 4110. The fourth-order valence-electron chi connectivity index (χ4n) is 12.9. The molecule has 3 aliphatic carbocycles. The minimum Gasteiger partial charge on any atom is -0.480 e. The number of alkyl carbamates (subject to hydrolysis) is 1. The topological polar surface area (TPSA) is 198 Å². The van der Waals surface area contributed by atoms with Gasteiger partial charge in [0.1, 0.15) is 37.9 Å². The molecule has 1 heterocycles. The van der Waals surface area contributed by atoms with Crippen molar-refractivity contribution >= 4 is 71.0 Å². The monoisotopic (exact) mass is 1330 g/mol. The van der Waals surface area contributed by atoms with E-state index in [9.17, 15) is 39.0 Å². The predicted molar refractivity (Wildman–Crippen MR) is 365 cm³/mol. The van der Waals surface area contributed by atoms with Crippen LogP contribution in [0.15, 0.2) is 218 Å². The number of aliphatic carboxylic acids is 2. The third-order valence-corrected chi connectivity index (χ3v) is 18.9. The van der Waals surface area contributed by atoms with E-state index in [0.717, 1.165) is 77.2 Å². The van der Waals surface area contributed by atoms with Crippen molar-refractivity contribution in [2.75, 3.05) is 33.6 Å². The Kier molecular flexibility index (Phi) is 21.6. The summed E-state index contributed by atoms with van der Waals surface area (Å²) in [7, 11) is 1.46. The molecule has 13 rings (SSSR count). The number of likely N-dealkylation sites (N-methyl/N-ethyl adjacent to an activating group) is 1. The number of carbonyl (C=O) groups is 6. The summed E-state index contributed by atoms with van der Waals surface area (Å²) in [6.45, 7) is 0.391. The molecule has 15 nitrogen and oxygen atoms in total. The largest absolute Gasteiger partial charge is 0.480 e. The molecule has 0 unspecified atom stereocenters. The lowest BCUT2D eigenvalue weighted by atomic mass is 9.98. The zero-order valence-corrected chi connectivity index (χ0v) is 54.1. The minimum atomic E-state index is -1.11. The molecular formula is C77H68Cl3N3O12. The van der Waals surface area contributed by atoms with Gasteiger partial charge in [0.2, 0.25) is 0 Å². The first-order valence-corrected chi connectivity index (χ1v) is 32.4. The van der Waals surface area contributed by atoms with Gasteiger partial charge >= 0.3 is 36.2 Å². The average Bonchev–Trinajstić information content (AvgIpc) is 1.64. The molecule has 484 valence electrons. The van der Waals surface area contributed by atoms with Crippen LogP contribution in [0, 0.1) is 0 Å². The first kappa shape index (κ1) is 66.5. The molecule has 0 aromatic heterocycles. The maximum atomic E-state index is 12.9. The zero-order valence-electron chi connectivity index (χ0n) is 51.8. The molecule has 1 aliphatic heterocycles. The quantitative estimate of drug-likeness (QED) is 0.0512. The van der Waals surface area contributed by atoms with Gasteiger partial charge in [-0.05, 0) is 140 Å². The number of esters is 1. The fourth-order valence-corrected chi connectivity index (χ4v) is 13.6. The summed E-state index contributed by atoms with van der Waals surface area (Å²) in [5.41, 5.74) is 16.2. The number of cyclic esters (lactones) is 1. The van der Waals surface area contributed by atoms with Gasteiger partial charge in [-0.3, -0.25) is 9.80 Å². The number of aryl methyl sites for hydroxylation is 3. The lowest BCUT2D eigenvalue weighted by Gasteiger charge is -2.25. The molecule has 3 amide bonds. The maximum absolute atomic E-state index is 12.9. The first-order chi connectivity index (χ1) is 46.1. The second kappa shape index (κ2) is 30.9. The molecule has 9 aromatic carbocycles. The second-order valence-corrected chi connectivity index (χ2v) is 24.6. The Hall–Kier alpha value is -9.93. The summed E-state index contributed by atoms with van der Waals surface area (Å²) < 4.78 is 21.9. The molecule has 0 saturated carbocycles. The number of nitrogens with zero attached hydrogens (tertiary/aromatic N) is 2. The highest BCUT2D eigenvalue weighted by molar-refractivity contribution is 6.32. The smallest absolute Gasteiger partial charge is 0.413 e. The fraction of sp³-hybridized carbons (Fsp3) is 0.221. The minimum absolute atomic E-state index is 0.0350. The van der Waals surface area contributed by atoms with Crippen molar-refractivity contribution in [1.82, 2.24) is 15.1 Å². The predicted octanol–water partition coefficient (Wildman–Crippen LogP) is 16.3. The summed E-state index contributed by atoms with van der Waals surface area (Å²) in [6, 6.07) is 67.9. The highest BCUT2D eigenvalue weighted by Gasteiger charge is 2.40. The molecule has 0 radical (unpaired) electrons. The number of carbonyl (C=O) groups excluding carboxylic acids is 4. The third-order valence-electron chi connectivity index (χ3n) is 17.8.